The van der Waals surface area contributed by atoms with Crippen LogP contribution in [0.15, 0.2) is 30.5 Å². The minimum absolute atomic E-state index is 0.0170. The van der Waals surface area contributed by atoms with E-state index in [9.17, 15) is 19.7 Å². The molecule has 0 bridgehead atoms. The van der Waals surface area contributed by atoms with Crippen LogP contribution in [0.1, 0.15) is 64.5 Å². The van der Waals surface area contributed by atoms with Crippen molar-refractivity contribution in [2.24, 2.45) is 17.3 Å². The molecule has 2 aromatic rings. The van der Waals surface area contributed by atoms with Crippen LogP contribution in [0.2, 0.25) is 0 Å². The van der Waals surface area contributed by atoms with Crippen molar-refractivity contribution in [1.29, 1.82) is 0 Å². The number of nitro groups is 1. The number of non-ortho nitro benzene ring substituents is 1. The summed E-state index contributed by atoms with van der Waals surface area (Å²) >= 11 is 0. The number of benzene rings is 1. The molecule has 1 aromatic heterocycles. The SMILES string of the molecule is CC1(C)C[C@H](C(=O)CCC(=O)N2CCCCC2)[C@H]1CCc1cnc(-c2cccc([N+](=O)[O-])c2)[nH]1. The van der Waals surface area contributed by atoms with Gasteiger partial charge < -0.3 is 9.88 Å². The van der Waals surface area contributed by atoms with Crippen LogP contribution in [-0.4, -0.2) is 44.6 Å². The van der Waals surface area contributed by atoms with Gasteiger partial charge in [0, 0.05) is 61.4 Å². The lowest BCUT2D eigenvalue weighted by molar-refractivity contribution is -0.384. The first-order chi connectivity index (χ1) is 16.2. The van der Waals surface area contributed by atoms with Crippen molar-refractivity contribution in [3.8, 4) is 11.4 Å². The monoisotopic (exact) mass is 466 g/mol. The highest BCUT2D eigenvalue weighted by molar-refractivity contribution is 5.87. The number of rotatable bonds is 9. The largest absolute Gasteiger partial charge is 0.343 e. The number of aromatic amines is 1. The van der Waals surface area contributed by atoms with Crippen molar-refractivity contribution in [2.45, 2.75) is 65.2 Å². The molecule has 0 radical (unpaired) electrons. The fourth-order valence-corrected chi connectivity index (χ4v) is 5.60. The molecule has 2 fully saturated rings. The molecule has 2 heterocycles. The first kappa shape index (κ1) is 24.1. The third-order valence-electron chi connectivity index (χ3n) is 7.63. The van der Waals surface area contributed by atoms with Crippen molar-refractivity contribution in [3.63, 3.8) is 0 Å². The highest BCUT2D eigenvalue weighted by atomic mass is 16.6. The number of imidazole rings is 1. The van der Waals surface area contributed by atoms with Gasteiger partial charge in [-0.1, -0.05) is 26.0 Å². The Morgan fingerprint density at radius 3 is 2.68 bits per heavy atom. The summed E-state index contributed by atoms with van der Waals surface area (Å²) in [5.41, 5.74) is 1.76. The summed E-state index contributed by atoms with van der Waals surface area (Å²) in [7, 11) is 0. The zero-order valence-electron chi connectivity index (χ0n) is 20.1. The van der Waals surface area contributed by atoms with Crippen LogP contribution in [-0.2, 0) is 16.0 Å². The number of hydrogen-bond acceptors (Lipinski definition) is 5. The number of piperidine rings is 1. The molecule has 1 amide bonds. The van der Waals surface area contributed by atoms with Crippen LogP contribution in [0, 0.1) is 27.4 Å². The van der Waals surface area contributed by atoms with Gasteiger partial charge in [0.25, 0.3) is 5.69 Å². The van der Waals surface area contributed by atoms with E-state index < -0.39 is 4.92 Å². The molecule has 0 spiro atoms. The number of aromatic nitrogens is 2. The zero-order valence-corrected chi connectivity index (χ0v) is 20.1. The van der Waals surface area contributed by atoms with Crippen LogP contribution >= 0.6 is 0 Å². The van der Waals surface area contributed by atoms with Gasteiger partial charge >= 0.3 is 0 Å². The molecule has 1 saturated carbocycles. The van der Waals surface area contributed by atoms with Gasteiger partial charge in [-0.15, -0.1) is 0 Å². The summed E-state index contributed by atoms with van der Waals surface area (Å²) in [6.07, 6.45) is 8.24. The van der Waals surface area contributed by atoms with Crippen molar-refractivity contribution >= 4 is 17.4 Å². The standard InChI is InChI=1S/C26H34N4O4/c1-26(2)16-21(23(31)11-12-24(32)29-13-4-3-5-14-29)22(26)10-9-19-17-27-25(28-19)18-7-6-8-20(15-18)30(33)34/h6-8,15,17,21-22H,3-5,9-14,16H2,1-2H3,(H,27,28)/t21-,22+/m0/s1. The maximum absolute atomic E-state index is 13.0. The number of likely N-dealkylation sites (tertiary alicyclic amines) is 1. The van der Waals surface area contributed by atoms with E-state index in [1.165, 1.54) is 18.6 Å². The summed E-state index contributed by atoms with van der Waals surface area (Å²) in [5, 5.41) is 11.0. The molecule has 2 aliphatic rings. The Kier molecular flexibility index (Phi) is 7.14. The first-order valence-corrected chi connectivity index (χ1v) is 12.3. The Labute approximate surface area is 200 Å². The lowest BCUT2D eigenvalue weighted by atomic mass is 9.53. The zero-order chi connectivity index (χ0) is 24.3. The summed E-state index contributed by atoms with van der Waals surface area (Å²) < 4.78 is 0. The van der Waals surface area contributed by atoms with E-state index in [0.29, 0.717) is 24.2 Å². The van der Waals surface area contributed by atoms with Crippen LogP contribution in [0.25, 0.3) is 11.4 Å². The van der Waals surface area contributed by atoms with Crippen molar-refractivity contribution < 1.29 is 14.5 Å². The molecular formula is C26H34N4O4. The topological polar surface area (TPSA) is 109 Å². The Morgan fingerprint density at radius 2 is 1.97 bits per heavy atom. The summed E-state index contributed by atoms with van der Waals surface area (Å²) in [4.78, 5) is 45.6. The van der Waals surface area contributed by atoms with Crippen LogP contribution < -0.4 is 0 Å². The van der Waals surface area contributed by atoms with Gasteiger partial charge in [0.05, 0.1) is 4.92 Å². The third-order valence-corrected chi connectivity index (χ3v) is 7.63. The van der Waals surface area contributed by atoms with Crippen LogP contribution in [0.3, 0.4) is 0 Å². The molecule has 1 aromatic carbocycles. The van der Waals surface area contributed by atoms with Gasteiger partial charge in [-0.3, -0.25) is 19.7 Å². The Balaban J connectivity index is 1.32. The predicted molar refractivity (Wildman–Crippen MR) is 129 cm³/mol. The van der Waals surface area contributed by atoms with E-state index in [4.69, 9.17) is 0 Å². The number of amides is 1. The second-order valence-electron chi connectivity index (χ2n) is 10.4. The lowest BCUT2D eigenvalue weighted by Gasteiger charge is -2.51. The van der Waals surface area contributed by atoms with Crippen molar-refractivity contribution in [3.05, 3.63) is 46.3 Å². The van der Waals surface area contributed by atoms with Gasteiger partial charge in [-0.2, -0.15) is 0 Å². The van der Waals surface area contributed by atoms with Gasteiger partial charge in [0.1, 0.15) is 11.6 Å². The average Bonchev–Trinajstić information content (AvgIpc) is 3.30. The Hall–Kier alpha value is -3.03. The van der Waals surface area contributed by atoms with E-state index >= 15 is 0 Å². The molecule has 1 saturated heterocycles. The number of H-pyrrole nitrogens is 1. The molecule has 8 nitrogen and oxygen atoms in total. The molecule has 34 heavy (non-hydrogen) atoms. The minimum Gasteiger partial charge on any atom is -0.343 e. The van der Waals surface area contributed by atoms with E-state index in [1.807, 2.05) is 4.90 Å². The van der Waals surface area contributed by atoms with Gasteiger partial charge in [0.2, 0.25) is 5.91 Å². The molecule has 1 aliphatic carbocycles. The fourth-order valence-electron chi connectivity index (χ4n) is 5.60. The highest BCUT2D eigenvalue weighted by Crippen LogP contribution is 2.53. The number of nitrogens with one attached hydrogen (secondary N) is 1. The average molecular weight is 467 g/mol. The van der Waals surface area contributed by atoms with Crippen molar-refractivity contribution in [1.82, 2.24) is 14.9 Å². The van der Waals surface area contributed by atoms with Crippen LogP contribution in [0.5, 0.6) is 0 Å². The molecule has 4 rings (SSSR count). The quantitative estimate of drug-likeness (QED) is 0.416. The number of ketones is 1. The third kappa shape index (κ3) is 5.37. The van der Waals surface area contributed by atoms with Crippen molar-refractivity contribution in [2.75, 3.05) is 13.1 Å². The van der Waals surface area contributed by atoms with Gasteiger partial charge in [-0.05, 0) is 49.9 Å². The molecule has 182 valence electrons. The number of hydrogen-bond donors (Lipinski definition) is 1. The highest BCUT2D eigenvalue weighted by Gasteiger charge is 2.49. The number of nitro benzene ring substituents is 1. The Bertz CT molecular complexity index is 1050. The van der Waals surface area contributed by atoms with E-state index in [0.717, 1.165) is 50.9 Å². The number of carbonyl (C=O) groups excluding carboxylic acids is 2. The summed E-state index contributed by atoms with van der Waals surface area (Å²) in [6, 6.07) is 6.42. The van der Waals surface area contributed by atoms with Gasteiger partial charge in [0.15, 0.2) is 0 Å². The second-order valence-corrected chi connectivity index (χ2v) is 10.4. The van der Waals surface area contributed by atoms with Crippen LogP contribution in [0.4, 0.5) is 5.69 Å². The number of aryl methyl sites for hydroxylation is 1. The number of nitrogens with zero attached hydrogens (tertiary/aromatic N) is 3. The van der Waals surface area contributed by atoms with E-state index in [2.05, 4.69) is 23.8 Å². The molecule has 1 aliphatic heterocycles. The molecule has 2 atom stereocenters. The molecule has 0 unspecified atom stereocenters. The summed E-state index contributed by atoms with van der Waals surface area (Å²) in [5.74, 6) is 1.24. The number of Topliss-reactive ketones (excluding diaryl/α,β-unsaturated/α-hetero) is 1. The lowest BCUT2D eigenvalue weighted by Crippen LogP contribution is -2.48. The van der Waals surface area contributed by atoms with Gasteiger partial charge in [-0.25, -0.2) is 4.98 Å². The molecular weight excluding hydrogens is 432 g/mol. The van der Waals surface area contributed by atoms with E-state index in [1.54, 1.807) is 18.3 Å². The summed E-state index contributed by atoms with van der Waals surface area (Å²) in [6.45, 7) is 6.08. The predicted octanol–water partition coefficient (Wildman–Crippen LogP) is 4.94. The normalized spacial score (nSPS) is 21.6. The first-order valence-electron chi connectivity index (χ1n) is 12.3. The second kappa shape index (κ2) is 10.1. The maximum Gasteiger partial charge on any atom is 0.270 e. The maximum atomic E-state index is 13.0. The Morgan fingerprint density at radius 1 is 1.21 bits per heavy atom. The molecule has 1 N–H and O–H groups in total. The fraction of sp³-hybridized carbons (Fsp3) is 0.577. The number of carbonyl (C=O) groups is 2. The van der Waals surface area contributed by atoms with E-state index in [-0.39, 0.29) is 34.6 Å². The molecule has 8 heteroatoms. The smallest absolute Gasteiger partial charge is 0.270 e. The minimum atomic E-state index is -0.413.